The van der Waals surface area contributed by atoms with Crippen LogP contribution in [0.4, 0.5) is 0 Å². The van der Waals surface area contributed by atoms with Crippen LogP contribution < -0.4 is 15.2 Å². The van der Waals surface area contributed by atoms with Gasteiger partial charge in [-0.1, -0.05) is 6.07 Å². The molecule has 20 heavy (non-hydrogen) atoms. The summed E-state index contributed by atoms with van der Waals surface area (Å²) in [5.41, 5.74) is 7.14. The van der Waals surface area contributed by atoms with Crippen molar-refractivity contribution in [3.05, 3.63) is 23.8 Å². The summed E-state index contributed by atoms with van der Waals surface area (Å²) in [7, 11) is 3.20. The zero-order valence-corrected chi connectivity index (χ0v) is 12.4. The molecule has 1 aromatic rings. The van der Waals surface area contributed by atoms with E-state index in [1.54, 1.807) is 14.2 Å². The van der Waals surface area contributed by atoms with Gasteiger partial charge in [-0.15, -0.1) is 0 Å². The molecular weight excluding hydrogens is 256 g/mol. The van der Waals surface area contributed by atoms with Gasteiger partial charge in [0.1, 0.15) is 0 Å². The zero-order valence-electron chi connectivity index (χ0n) is 12.4. The second-order valence-corrected chi connectivity index (χ2v) is 5.32. The van der Waals surface area contributed by atoms with Crippen molar-refractivity contribution in [2.24, 2.45) is 5.73 Å². The zero-order chi connectivity index (χ0) is 14.9. The van der Waals surface area contributed by atoms with E-state index in [4.69, 9.17) is 15.2 Å². The van der Waals surface area contributed by atoms with Crippen molar-refractivity contribution in [1.82, 2.24) is 4.90 Å². The Bertz CT molecular complexity index is 502. The Hall–Kier alpha value is -1.75. The summed E-state index contributed by atoms with van der Waals surface area (Å²) in [6, 6.07) is 5.51. The van der Waals surface area contributed by atoms with Gasteiger partial charge in [-0.2, -0.15) is 0 Å². The molecule has 1 aliphatic rings. The van der Waals surface area contributed by atoms with Crippen molar-refractivity contribution in [3.63, 3.8) is 0 Å². The molecule has 0 spiro atoms. The largest absolute Gasteiger partial charge is 0.493 e. The van der Waals surface area contributed by atoms with Crippen LogP contribution in [0.25, 0.3) is 0 Å². The number of benzene rings is 1. The molecule has 2 N–H and O–H groups in total. The van der Waals surface area contributed by atoms with E-state index in [9.17, 15) is 4.79 Å². The molecule has 1 aromatic carbocycles. The average molecular weight is 278 g/mol. The quantitative estimate of drug-likeness (QED) is 0.910. The number of rotatable bonds is 4. The normalized spacial score (nSPS) is 22.5. The standard InChI is InChI=1S/C15H22N2O3/c1-9(2)17-14(18)8-11(16)15(17)10-5-6-12(19-3)13(7-10)20-4/h5-7,9,11,15H,8,16H2,1-4H3. The summed E-state index contributed by atoms with van der Waals surface area (Å²) in [4.78, 5) is 13.9. The lowest BCUT2D eigenvalue weighted by molar-refractivity contribution is -0.130. The maximum Gasteiger partial charge on any atom is 0.225 e. The summed E-state index contributed by atoms with van der Waals surface area (Å²) >= 11 is 0. The van der Waals surface area contributed by atoms with Gasteiger partial charge in [0.05, 0.1) is 20.3 Å². The number of carbonyl (C=O) groups is 1. The van der Waals surface area contributed by atoms with Crippen LogP contribution in [0.1, 0.15) is 31.9 Å². The first-order valence-corrected chi connectivity index (χ1v) is 6.78. The Kier molecular flexibility index (Phi) is 4.18. The van der Waals surface area contributed by atoms with Crippen LogP contribution >= 0.6 is 0 Å². The lowest BCUT2D eigenvalue weighted by Crippen LogP contribution is -2.37. The van der Waals surface area contributed by atoms with Crippen LogP contribution in [0.15, 0.2) is 18.2 Å². The number of hydrogen-bond donors (Lipinski definition) is 1. The van der Waals surface area contributed by atoms with Gasteiger partial charge in [-0.3, -0.25) is 4.79 Å². The molecular formula is C15H22N2O3. The third kappa shape index (κ3) is 2.45. The molecule has 0 bridgehead atoms. The highest BCUT2D eigenvalue weighted by atomic mass is 16.5. The van der Waals surface area contributed by atoms with E-state index in [1.165, 1.54) is 0 Å². The Balaban J connectivity index is 2.41. The van der Waals surface area contributed by atoms with Gasteiger partial charge < -0.3 is 20.1 Å². The van der Waals surface area contributed by atoms with Crippen LogP contribution in [0.3, 0.4) is 0 Å². The number of nitrogens with zero attached hydrogens (tertiary/aromatic N) is 1. The molecule has 5 heteroatoms. The monoisotopic (exact) mass is 278 g/mol. The van der Waals surface area contributed by atoms with E-state index in [-0.39, 0.29) is 24.0 Å². The van der Waals surface area contributed by atoms with Gasteiger partial charge in [0, 0.05) is 18.5 Å². The first kappa shape index (κ1) is 14.7. The molecule has 2 unspecified atom stereocenters. The molecule has 0 saturated carbocycles. The van der Waals surface area contributed by atoms with Gasteiger partial charge in [0.25, 0.3) is 0 Å². The minimum Gasteiger partial charge on any atom is -0.493 e. The fourth-order valence-corrected chi connectivity index (χ4v) is 2.83. The molecule has 0 aliphatic carbocycles. The van der Waals surface area contributed by atoms with E-state index < -0.39 is 0 Å². The van der Waals surface area contributed by atoms with Crippen molar-refractivity contribution in [2.45, 2.75) is 38.4 Å². The van der Waals surface area contributed by atoms with Gasteiger partial charge in [-0.05, 0) is 31.5 Å². The number of likely N-dealkylation sites (tertiary alicyclic amines) is 1. The fraction of sp³-hybridized carbons (Fsp3) is 0.533. The fourth-order valence-electron chi connectivity index (χ4n) is 2.83. The second kappa shape index (κ2) is 5.71. The van der Waals surface area contributed by atoms with Gasteiger partial charge in [-0.25, -0.2) is 0 Å². The van der Waals surface area contributed by atoms with Gasteiger partial charge >= 0.3 is 0 Å². The Labute approximate surface area is 119 Å². The van der Waals surface area contributed by atoms with Crippen LogP contribution in [0, 0.1) is 0 Å². The second-order valence-electron chi connectivity index (χ2n) is 5.32. The third-order valence-corrected chi connectivity index (χ3v) is 3.71. The smallest absolute Gasteiger partial charge is 0.225 e. The highest BCUT2D eigenvalue weighted by Gasteiger charge is 2.40. The summed E-state index contributed by atoms with van der Waals surface area (Å²) in [5, 5.41) is 0. The lowest BCUT2D eigenvalue weighted by atomic mass is 9.99. The molecule has 1 aliphatic heterocycles. The summed E-state index contributed by atoms with van der Waals surface area (Å²) < 4.78 is 10.6. The first-order valence-electron chi connectivity index (χ1n) is 6.78. The highest BCUT2D eigenvalue weighted by molar-refractivity contribution is 5.80. The average Bonchev–Trinajstić information content (AvgIpc) is 2.72. The summed E-state index contributed by atoms with van der Waals surface area (Å²) in [5.74, 6) is 1.43. The lowest BCUT2D eigenvalue weighted by Gasteiger charge is -2.31. The van der Waals surface area contributed by atoms with E-state index in [2.05, 4.69) is 0 Å². The predicted molar refractivity (Wildman–Crippen MR) is 76.9 cm³/mol. The van der Waals surface area contributed by atoms with Crippen molar-refractivity contribution in [1.29, 1.82) is 0 Å². The summed E-state index contributed by atoms with van der Waals surface area (Å²) in [6.07, 6.45) is 0.386. The number of amides is 1. The first-order chi connectivity index (χ1) is 9.49. The Morgan fingerprint density at radius 2 is 1.90 bits per heavy atom. The molecule has 0 aromatic heterocycles. The minimum absolute atomic E-state index is 0.104. The molecule has 1 fully saturated rings. The molecule has 0 radical (unpaired) electrons. The number of carbonyl (C=O) groups excluding carboxylic acids is 1. The number of hydrogen-bond acceptors (Lipinski definition) is 4. The molecule has 5 nitrogen and oxygen atoms in total. The topological polar surface area (TPSA) is 64.8 Å². The van der Waals surface area contributed by atoms with Crippen LogP contribution in [-0.2, 0) is 4.79 Å². The number of nitrogens with two attached hydrogens (primary N) is 1. The van der Waals surface area contributed by atoms with E-state index >= 15 is 0 Å². The predicted octanol–water partition coefficient (Wildman–Crippen LogP) is 1.71. The van der Waals surface area contributed by atoms with Crippen LogP contribution in [-0.4, -0.2) is 37.1 Å². The highest BCUT2D eigenvalue weighted by Crippen LogP contribution is 2.37. The van der Waals surface area contributed by atoms with Crippen molar-refractivity contribution < 1.29 is 14.3 Å². The van der Waals surface area contributed by atoms with Crippen LogP contribution in [0.2, 0.25) is 0 Å². The van der Waals surface area contributed by atoms with E-state index in [0.717, 1.165) is 5.56 Å². The molecule has 1 saturated heterocycles. The molecule has 110 valence electrons. The Morgan fingerprint density at radius 3 is 2.45 bits per heavy atom. The molecule has 1 heterocycles. The SMILES string of the molecule is COc1ccc(C2C(N)CC(=O)N2C(C)C)cc1OC. The van der Waals surface area contributed by atoms with Crippen molar-refractivity contribution >= 4 is 5.91 Å². The van der Waals surface area contributed by atoms with Gasteiger partial charge in [0.15, 0.2) is 11.5 Å². The van der Waals surface area contributed by atoms with Crippen molar-refractivity contribution in [3.8, 4) is 11.5 Å². The van der Waals surface area contributed by atoms with E-state index in [1.807, 2.05) is 36.9 Å². The summed E-state index contributed by atoms with van der Waals surface area (Å²) in [6.45, 7) is 4.01. The molecule has 1 amide bonds. The van der Waals surface area contributed by atoms with Crippen molar-refractivity contribution in [2.75, 3.05) is 14.2 Å². The maximum atomic E-state index is 12.1. The third-order valence-electron chi connectivity index (χ3n) is 3.71. The maximum absolute atomic E-state index is 12.1. The van der Waals surface area contributed by atoms with E-state index in [0.29, 0.717) is 17.9 Å². The molecule has 2 rings (SSSR count). The number of ether oxygens (including phenoxy) is 2. The minimum atomic E-state index is -0.192. The van der Waals surface area contributed by atoms with Gasteiger partial charge in [0.2, 0.25) is 5.91 Å². The number of methoxy groups -OCH3 is 2. The van der Waals surface area contributed by atoms with Crippen LogP contribution in [0.5, 0.6) is 11.5 Å². The Morgan fingerprint density at radius 1 is 1.25 bits per heavy atom. The molecule has 2 atom stereocenters.